The molecule has 0 amide bonds. The molecule has 0 radical (unpaired) electrons. The van der Waals surface area contributed by atoms with Gasteiger partial charge >= 0.3 is 0 Å². The standard InChI is InChI=1S/C13H7BrFNO3S/c14-8-5-6-10(15)11(7-8)19-13-9-3-1-2-4-12(9)20(17,18)16-13/h1-7H. The number of fused-ring (bicyclic) bond motifs is 1. The lowest BCUT2D eigenvalue weighted by Gasteiger charge is -2.06. The first-order valence-electron chi connectivity index (χ1n) is 5.55. The Labute approximate surface area is 123 Å². The summed E-state index contributed by atoms with van der Waals surface area (Å²) in [6.45, 7) is 0. The molecule has 0 bridgehead atoms. The summed E-state index contributed by atoms with van der Waals surface area (Å²) < 4.78 is 46.8. The van der Waals surface area contributed by atoms with E-state index in [0.29, 0.717) is 10.0 Å². The van der Waals surface area contributed by atoms with Crippen molar-refractivity contribution in [2.75, 3.05) is 0 Å². The van der Waals surface area contributed by atoms with Crippen LogP contribution in [0.15, 0.2) is 56.2 Å². The van der Waals surface area contributed by atoms with Crippen LogP contribution in [0, 0.1) is 5.82 Å². The first-order chi connectivity index (χ1) is 9.47. The van der Waals surface area contributed by atoms with Crippen molar-refractivity contribution in [1.29, 1.82) is 0 Å². The highest BCUT2D eigenvalue weighted by Gasteiger charge is 2.30. The third-order valence-corrected chi connectivity index (χ3v) is 4.51. The molecule has 0 N–H and O–H groups in total. The number of benzene rings is 2. The minimum atomic E-state index is -3.77. The van der Waals surface area contributed by atoms with Crippen molar-refractivity contribution in [3.8, 4) is 5.75 Å². The van der Waals surface area contributed by atoms with Crippen molar-refractivity contribution in [2.24, 2.45) is 4.40 Å². The monoisotopic (exact) mass is 355 g/mol. The van der Waals surface area contributed by atoms with Gasteiger partial charge < -0.3 is 4.74 Å². The predicted octanol–water partition coefficient (Wildman–Crippen LogP) is 3.12. The first-order valence-corrected chi connectivity index (χ1v) is 7.78. The molecule has 0 spiro atoms. The normalized spacial score (nSPS) is 15.6. The van der Waals surface area contributed by atoms with Crippen molar-refractivity contribution in [3.05, 3.63) is 58.3 Å². The lowest BCUT2D eigenvalue weighted by molar-refractivity contribution is 0.492. The van der Waals surface area contributed by atoms with E-state index < -0.39 is 15.8 Å². The fraction of sp³-hybridized carbons (Fsp3) is 0. The average Bonchev–Trinajstić information content (AvgIpc) is 2.66. The minimum Gasteiger partial charge on any atom is -0.435 e. The summed E-state index contributed by atoms with van der Waals surface area (Å²) >= 11 is 3.20. The molecule has 0 fully saturated rings. The van der Waals surface area contributed by atoms with E-state index in [-0.39, 0.29) is 16.5 Å². The molecule has 1 aliphatic rings. The van der Waals surface area contributed by atoms with Crippen molar-refractivity contribution >= 4 is 31.9 Å². The highest BCUT2D eigenvalue weighted by atomic mass is 79.9. The van der Waals surface area contributed by atoms with Gasteiger partial charge in [-0.05, 0) is 30.3 Å². The smallest absolute Gasteiger partial charge is 0.286 e. The molecular formula is C13H7BrFNO3S. The SMILES string of the molecule is O=S1(=O)N=C(Oc2cc(Br)ccc2F)c2ccccc21. The Bertz CT molecular complexity index is 833. The number of ether oxygens (including phenoxy) is 1. The topological polar surface area (TPSA) is 55.7 Å². The van der Waals surface area contributed by atoms with E-state index in [4.69, 9.17) is 4.74 Å². The van der Waals surface area contributed by atoms with E-state index in [1.807, 2.05) is 0 Å². The third-order valence-electron chi connectivity index (χ3n) is 2.70. The van der Waals surface area contributed by atoms with Gasteiger partial charge in [0.2, 0.25) is 5.90 Å². The number of rotatable bonds is 1. The van der Waals surface area contributed by atoms with Crippen LogP contribution >= 0.6 is 15.9 Å². The first kappa shape index (κ1) is 13.3. The molecule has 4 nitrogen and oxygen atoms in total. The van der Waals surface area contributed by atoms with Gasteiger partial charge in [0.05, 0.1) is 5.56 Å². The van der Waals surface area contributed by atoms with Crippen LogP contribution in [0.25, 0.3) is 0 Å². The van der Waals surface area contributed by atoms with Gasteiger partial charge in [0, 0.05) is 4.47 Å². The number of halogens is 2. The van der Waals surface area contributed by atoms with Crippen LogP contribution in [0.4, 0.5) is 4.39 Å². The number of sulfonamides is 1. The molecule has 102 valence electrons. The maximum absolute atomic E-state index is 13.6. The summed E-state index contributed by atoms with van der Waals surface area (Å²) in [4.78, 5) is 0.0606. The molecule has 0 atom stereocenters. The fourth-order valence-electron chi connectivity index (χ4n) is 1.81. The van der Waals surface area contributed by atoms with E-state index >= 15 is 0 Å². The average molecular weight is 356 g/mol. The van der Waals surface area contributed by atoms with Gasteiger partial charge in [-0.15, -0.1) is 4.40 Å². The van der Waals surface area contributed by atoms with E-state index in [1.54, 1.807) is 18.2 Å². The quantitative estimate of drug-likeness (QED) is 0.789. The molecule has 20 heavy (non-hydrogen) atoms. The van der Waals surface area contributed by atoms with E-state index in [0.717, 1.165) is 0 Å². The van der Waals surface area contributed by atoms with Gasteiger partial charge in [0.1, 0.15) is 4.90 Å². The van der Waals surface area contributed by atoms with Gasteiger partial charge in [-0.3, -0.25) is 0 Å². The van der Waals surface area contributed by atoms with Crippen LogP contribution in [0.5, 0.6) is 5.75 Å². The van der Waals surface area contributed by atoms with Crippen LogP contribution < -0.4 is 4.74 Å². The molecule has 0 aliphatic carbocycles. The van der Waals surface area contributed by atoms with Crippen molar-refractivity contribution < 1.29 is 17.5 Å². The minimum absolute atomic E-state index is 0.0606. The lowest BCUT2D eigenvalue weighted by Crippen LogP contribution is -2.08. The Balaban J connectivity index is 2.07. The summed E-state index contributed by atoms with van der Waals surface area (Å²) in [5.74, 6) is -0.819. The van der Waals surface area contributed by atoms with Crippen LogP contribution in [0.3, 0.4) is 0 Å². The molecule has 0 saturated heterocycles. The van der Waals surface area contributed by atoms with Gasteiger partial charge in [-0.2, -0.15) is 8.42 Å². The number of nitrogens with zero attached hydrogens (tertiary/aromatic N) is 1. The van der Waals surface area contributed by atoms with Crippen molar-refractivity contribution in [3.63, 3.8) is 0 Å². The van der Waals surface area contributed by atoms with Gasteiger partial charge in [-0.1, -0.05) is 28.1 Å². The molecule has 7 heteroatoms. The number of hydrogen-bond acceptors (Lipinski definition) is 3. The van der Waals surface area contributed by atoms with Gasteiger partial charge in [-0.25, -0.2) is 4.39 Å². The molecule has 1 aliphatic heterocycles. The highest BCUT2D eigenvalue weighted by Crippen LogP contribution is 2.29. The summed E-state index contributed by atoms with van der Waals surface area (Å²) in [7, 11) is -3.77. The summed E-state index contributed by atoms with van der Waals surface area (Å²) in [6, 6.07) is 10.4. The zero-order valence-corrected chi connectivity index (χ0v) is 12.3. The Morgan fingerprint density at radius 2 is 1.90 bits per heavy atom. The number of hydrogen-bond donors (Lipinski definition) is 0. The Morgan fingerprint density at radius 3 is 2.70 bits per heavy atom. The molecule has 2 aromatic carbocycles. The largest absolute Gasteiger partial charge is 0.435 e. The molecule has 0 aromatic heterocycles. The molecule has 3 rings (SSSR count). The van der Waals surface area contributed by atoms with Crippen LogP contribution in [0.2, 0.25) is 0 Å². The second-order valence-corrected chi connectivity index (χ2v) is 6.53. The molecule has 1 heterocycles. The zero-order valence-electron chi connectivity index (χ0n) is 9.88. The fourth-order valence-corrected chi connectivity index (χ4v) is 3.29. The molecular weight excluding hydrogens is 349 g/mol. The summed E-state index contributed by atoms with van der Waals surface area (Å²) in [6.07, 6.45) is 0. The second-order valence-electron chi connectivity index (χ2n) is 4.04. The van der Waals surface area contributed by atoms with Crippen molar-refractivity contribution in [1.82, 2.24) is 0 Å². The Hall–Kier alpha value is -1.73. The summed E-state index contributed by atoms with van der Waals surface area (Å²) in [5, 5.41) is 0. The van der Waals surface area contributed by atoms with Crippen LogP contribution in [0.1, 0.15) is 5.56 Å². The predicted molar refractivity (Wildman–Crippen MR) is 74.9 cm³/mol. The second kappa shape index (κ2) is 4.68. The van der Waals surface area contributed by atoms with Gasteiger partial charge in [0.25, 0.3) is 10.0 Å². The third kappa shape index (κ3) is 2.23. The Morgan fingerprint density at radius 1 is 1.15 bits per heavy atom. The lowest BCUT2D eigenvalue weighted by atomic mass is 10.2. The van der Waals surface area contributed by atoms with Gasteiger partial charge in [0.15, 0.2) is 11.6 Å². The Kier molecular flexibility index (Phi) is 3.10. The molecule has 0 saturated carbocycles. The zero-order chi connectivity index (χ0) is 14.3. The maximum atomic E-state index is 13.6. The van der Waals surface area contributed by atoms with Crippen molar-refractivity contribution in [2.45, 2.75) is 4.90 Å². The van der Waals surface area contributed by atoms with E-state index in [1.165, 1.54) is 24.3 Å². The van der Waals surface area contributed by atoms with Crippen LogP contribution in [-0.4, -0.2) is 14.3 Å². The molecule has 0 unspecified atom stereocenters. The maximum Gasteiger partial charge on any atom is 0.286 e. The van der Waals surface area contributed by atoms with Crippen LogP contribution in [-0.2, 0) is 10.0 Å². The summed E-state index contributed by atoms with van der Waals surface area (Å²) in [5.41, 5.74) is 0.326. The molecule has 2 aromatic rings. The van der Waals surface area contributed by atoms with E-state index in [2.05, 4.69) is 20.3 Å². The van der Waals surface area contributed by atoms with E-state index in [9.17, 15) is 12.8 Å². The highest BCUT2D eigenvalue weighted by molar-refractivity contribution is 9.10.